The molecule has 184 valence electrons. The van der Waals surface area contributed by atoms with E-state index < -0.39 is 42.2 Å². The van der Waals surface area contributed by atoms with Crippen LogP contribution in [0.1, 0.15) is 29.3 Å². The van der Waals surface area contributed by atoms with E-state index in [2.05, 4.69) is 5.32 Å². The maximum atomic E-state index is 13.0. The predicted molar refractivity (Wildman–Crippen MR) is 138 cm³/mol. The van der Waals surface area contributed by atoms with Crippen molar-refractivity contribution in [2.24, 2.45) is 0 Å². The van der Waals surface area contributed by atoms with E-state index in [1.807, 2.05) is 30.3 Å². The van der Waals surface area contributed by atoms with Crippen LogP contribution < -0.4 is 5.32 Å². The lowest BCUT2D eigenvalue weighted by atomic mass is 10.2. The zero-order chi connectivity index (χ0) is 25.8. The summed E-state index contributed by atoms with van der Waals surface area (Å²) in [6.07, 6.45) is 1.42. The van der Waals surface area contributed by atoms with Gasteiger partial charge in [-0.3, -0.25) is 29.0 Å². The van der Waals surface area contributed by atoms with E-state index in [4.69, 9.17) is 17.0 Å². The monoisotopic (exact) mass is 523 g/mol. The molecule has 2 saturated heterocycles. The van der Waals surface area contributed by atoms with Gasteiger partial charge in [0.1, 0.15) is 16.9 Å². The summed E-state index contributed by atoms with van der Waals surface area (Å²) in [5.41, 5.74) is 1.51. The largest absolute Gasteiger partial charge is 0.462 e. The molecule has 0 aliphatic carbocycles. The molecule has 0 aromatic heterocycles. The van der Waals surface area contributed by atoms with Crippen molar-refractivity contribution in [3.05, 3.63) is 70.6 Å². The van der Waals surface area contributed by atoms with Crippen molar-refractivity contribution in [3.8, 4) is 0 Å². The van der Waals surface area contributed by atoms with Gasteiger partial charge in [-0.1, -0.05) is 54.3 Å². The number of carbonyl (C=O) groups is 5. The normalized spacial score (nSPS) is 18.8. The summed E-state index contributed by atoms with van der Waals surface area (Å²) < 4.78 is 5.10. The number of anilines is 1. The number of esters is 1. The van der Waals surface area contributed by atoms with Gasteiger partial charge in [0.25, 0.3) is 11.8 Å². The molecule has 2 aromatic rings. The molecule has 1 N–H and O–H groups in total. The van der Waals surface area contributed by atoms with Crippen molar-refractivity contribution >= 4 is 69.7 Å². The number of thiocarbonyl (C=S) groups is 1. The summed E-state index contributed by atoms with van der Waals surface area (Å²) in [4.78, 5) is 65.2. The van der Waals surface area contributed by atoms with Crippen LogP contribution in [0.15, 0.2) is 59.5 Å². The van der Waals surface area contributed by atoms with Crippen molar-refractivity contribution in [2.45, 2.75) is 19.4 Å². The van der Waals surface area contributed by atoms with E-state index in [-0.39, 0.29) is 17.3 Å². The third kappa shape index (κ3) is 5.37. The van der Waals surface area contributed by atoms with Gasteiger partial charge in [-0.05, 0) is 42.8 Å². The van der Waals surface area contributed by atoms with Gasteiger partial charge < -0.3 is 10.1 Å². The smallest absolute Gasteiger partial charge is 0.338 e. The summed E-state index contributed by atoms with van der Waals surface area (Å²) >= 11 is 6.39. The number of carbonyl (C=O) groups excluding carboxylic acids is 5. The first kappa shape index (κ1) is 25.3. The molecule has 0 radical (unpaired) electrons. The van der Waals surface area contributed by atoms with Crippen LogP contribution in [-0.2, 0) is 23.9 Å². The van der Waals surface area contributed by atoms with Crippen molar-refractivity contribution in [3.63, 3.8) is 0 Å². The van der Waals surface area contributed by atoms with Gasteiger partial charge in [0.15, 0.2) is 0 Å². The highest BCUT2D eigenvalue weighted by atomic mass is 32.2. The standard InChI is InChI=1S/C25H21N3O6S2/c1-2-34-24(33)16-8-10-17(11-9-16)26-20(29)14-27-21(30)13-18(22(27)31)28-23(32)19(36-25(28)35)12-15-6-4-3-5-7-15/h3-12,18H,2,13-14H2,1H3,(H,26,29)/b19-12-/t18-/m1/s1. The fraction of sp³-hybridized carbons (Fsp3) is 0.200. The molecule has 9 nitrogen and oxygen atoms in total. The molecule has 36 heavy (non-hydrogen) atoms. The number of hydrogen-bond acceptors (Lipinski definition) is 8. The van der Waals surface area contributed by atoms with Gasteiger partial charge >= 0.3 is 5.97 Å². The number of amides is 4. The SMILES string of the molecule is CCOC(=O)c1ccc(NC(=O)CN2C(=O)C[C@@H](N3C(=O)/C(=C/c4ccccc4)SC3=S)C2=O)cc1. The van der Waals surface area contributed by atoms with E-state index >= 15 is 0 Å². The van der Waals surface area contributed by atoms with Crippen LogP contribution in [0.5, 0.6) is 0 Å². The Bertz CT molecular complexity index is 1280. The number of nitrogens with one attached hydrogen (secondary N) is 1. The molecule has 0 saturated carbocycles. The Morgan fingerprint density at radius 2 is 1.81 bits per heavy atom. The highest BCUT2D eigenvalue weighted by molar-refractivity contribution is 8.26. The minimum absolute atomic E-state index is 0.182. The van der Waals surface area contributed by atoms with E-state index in [1.165, 1.54) is 24.3 Å². The Kier molecular flexibility index (Phi) is 7.61. The first-order chi connectivity index (χ1) is 17.3. The molecule has 2 fully saturated rings. The van der Waals surface area contributed by atoms with Crippen molar-refractivity contribution in [2.75, 3.05) is 18.5 Å². The number of likely N-dealkylation sites (tertiary alicyclic amines) is 1. The van der Waals surface area contributed by atoms with E-state index in [1.54, 1.807) is 13.0 Å². The summed E-state index contributed by atoms with van der Waals surface area (Å²) in [6, 6.07) is 14.1. The minimum atomic E-state index is -1.09. The molecular formula is C25H21N3O6S2. The lowest BCUT2D eigenvalue weighted by molar-refractivity contribution is -0.143. The quantitative estimate of drug-likeness (QED) is 0.255. The third-order valence-corrected chi connectivity index (χ3v) is 6.76. The Hall–Kier alpha value is -3.83. The highest BCUT2D eigenvalue weighted by Gasteiger charge is 2.48. The number of benzene rings is 2. The molecule has 2 aliphatic heterocycles. The van der Waals surface area contributed by atoms with Crippen LogP contribution >= 0.6 is 24.0 Å². The van der Waals surface area contributed by atoms with Gasteiger partial charge in [0, 0.05) is 5.69 Å². The third-order valence-electron chi connectivity index (χ3n) is 5.43. The number of ether oxygens (including phenoxy) is 1. The van der Waals surface area contributed by atoms with Gasteiger partial charge in [0.05, 0.1) is 23.5 Å². The van der Waals surface area contributed by atoms with E-state index in [9.17, 15) is 24.0 Å². The van der Waals surface area contributed by atoms with Gasteiger partial charge in [-0.25, -0.2) is 4.79 Å². The summed E-state index contributed by atoms with van der Waals surface area (Å²) in [5, 5.41) is 2.59. The second kappa shape index (κ2) is 10.8. The van der Waals surface area contributed by atoms with Crippen LogP contribution in [0.2, 0.25) is 0 Å². The van der Waals surface area contributed by atoms with Crippen molar-refractivity contribution in [1.82, 2.24) is 9.80 Å². The maximum absolute atomic E-state index is 13.0. The Labute approximate surface area is 216 Å². The predicted octanol–water partition coefficient (Wildman–Crippen LogP) is 2.83. The minimum Gasteiger partial charge on any atom is -0.462 e. The molecule has 4 rings (SSSR count). The second-order valence-electron chi connectivity index (χ2n) is 7.85. The van der Waals surface area contributed by atoms with Crippen LogP contribution in [-0.4, -0.2) is 62.9 Å². The van der Waals surface area contributed by atoms with Gasteiger partial charge in [0.2, 0.25) is 11.8 Å². The lowest BCUT2D eigenvalue weighted by Gasteiger charge is -2.21. The maximum Gasteiger partial charge on any atom is 0.338 e. The molecule has 2 heterocycles. The number of thioether (sulfide) groups is 1. The molecule has 0 unspecified atom stereocenters. The topological polar surface area (TPSA) is 113 Å². The number of imide groups is 1. The average molecular weight is 524 g/mol. The molecule has 11 heteroatoms. The van der Waals surface area contributed by atoms with Crippen LogP contribution in [0.4, 0.5) is 5.69 Å². The fourth-order valence-electron chi connectivity index (χ4n) is 3.73. The lowest BCUT2D eigenvalue weighted by Crippen LogP contribution is -2.45. The second-order valence-corrected chi connectivity index (χ2v) is 9.52. The van der Waals surface area contributed by atoms with Crippen LogP contribution in [0.3, 0.4) is 0 Å². The van der Waals surface area contributed by atoms with Gasteiger partial charge in [-0.15, -0.1) is 0 Å². The fourth-order valence-corrected chi connectivity index (χ4v) is 5.09. The molecule has 0 bridgehead atoms. The summed E-state index contributed by atoms with van der Waals surface area (Å²) in [5.74, 6) is -2.77. The molecule has 0 spiro atoms. The summed E-state index contributed by atoms with van der Waals surface area (Å²) in [6.45, 7) is 1.43. The first-order valence-corrected chi connectivity index (χ1v) is 12.2. The van der Waals surface area contributed by atoms with Crippen LogP contribution in [0, 0.1) is 0 Å². The molecular weight excluding hydrogens is 502 g/mol. The number of rotatable bonds is 7. The van der Waals surface area contributed by atoms with Gasteiger partial charge in [-0.2, -0.15) is 0 Å². The van der Waals surface area contributed by atoms with E-state index in [0.29, 0.717) is 16.2 Å². The first-order valence-electron chi connectivity index (χ1n) is 11.0. The average Bonchev–Trinajstić information content (AvgIpc) is 3.28. The Balaban J connectivity index is 1.40. The molecule has 1 atom stereocenters. The Morgan fingerprint density at radius 3 is 2.47 bits per heavy atom. The highest BCUT2D eigenvalue weighted by Crippen LogP contribution is 2.36. The van der Waals surface area contributed by atoms with Crippen LogP contribution in [0.25, 0.3) is 6.08 Å². The van der Waals surface area contributed by atoms with E-state index in [0.717, 1.165) is 27.1 Å². The zero-order valence-corrected chi connectivity index (χ0v) is 20.8. The molecule has 2 aliphatic rings. The Morgan fingerprint density at radius 1 is 1.11 bits per heavy atom. The number of nitrogens with zero attached hydrogens (tertiary/aromatic N) is 2. The van der Waals surface area contributed by atoms with Crippen molar-refractivity contribution in [1.29, 1.82) is 0 Å². The molecule has 2 aromatic carbocycles. The van der Waals surface area contributed by atoms with Crippen molar-refractivity contribution < 1.29 is 28.7 Å². The molecule has 4 amide bonds. The summed E-state index contributed by atoms with van der Waals surface area (Å²) in [7, 11) is 0. The number of hydrogen-bond donors (Lipinski definition) is 1. The zero-order valence-electron chi connectivity index (χ0n) is 19.1.